The minimum absolute atomic E-state index is 0.00785. The van der Waals surface area contributed by atoms with Crippen molar-refractivity contribution >= 4 is 16.8 Å². The number of nitrogens with zero attached hydrogens (tertiary/aromatic N) is 5. The standard InChI is InChI=1S/C17H17F3N6O/c1-25-12-5-3-2-4-11(12)15(24-25)16(27)21-8-14-23-22-13-7-6-10(9-26(13)14)17(18,19)20/h2-5,10H,6-9H2,1H3,(H,21,27). The van der Waals surface area contributed by atoms with E-state index in [4.69, 9.17) is 0 Å². The predicted octanol–water partition coefficient (Wildman–Crippen LogP) is 2.22. The van der Waals surface area contributed by atoms with Crippen LogP contribution in [-0.4, -0.2) is 36.6 Å². The van der Waals surface area contributed by atoms with E-state index < -0.39 is 18.0 Å². The van der Waals surface area contributed by atoms with Crippen molar-refractivity contribution in [3.63, 3.8) is 0 Å². The van der Waals surface area contributed by atoms with Crippen LogP contribution in [0.4, 0.5) is 13.2 Å². The topological polar surface area (TPSA) is 77.6 Å². The minimum Gasteiger partial charge on any atom is -0.343 e. The Morgan fingerprint density at radius 2 is 2.07 bits per heavy atom. The molecule has 1 aliphatic rings. The van der Waals surface area contributed by atoms with Gasteiger partial charge in [0, 0.05) is 25.4 Å². The molecule has 0 bridgehead atoms. The van der Waals surface area contributed by atoms with Gasteiger partial charge in [-0.1, -0.05) is 18.2 Å². The maximum absolute atomic E-state index is 13.0. The van der Waals surface area contributed by atoms with E-state index in [9.17, 15) is 18.0 Å². The van der Waals surface area contributed by atoms with E-state index in [0.29, 0.717) is 17.0 Å². The normalized spacial score (nSPS) is 17.1. The van der Waals surface area contributed by atoms with Crippen molar-refractivity contribution in [2.24, 2.45) is 13.0 Å². The van der Waals surface area contributed by atoms with Gasteiger partial charge in [0.05, 0.1) is 18.0 Å². The van der Waals surface area contributed by atoms with Gasteiger partial charge < -0.3 is 9.88 Å². The van der Waals surface area contributed by atoms with Crippen LogP contribution in [-0.2, 0) is 26.6 Å². The number of aromatic nitrogens is 5. The van der Waals surface area contributed by atoms with Crippen molar-refractivity contribution in [1.29, 1.82) is 0 Å². The Morgan fingerprint density at radius 1 is 1.30 bits per heavy atom. The number of nitrogens with one attached hydrogen (secondary N) is 1. The molecule has 1 aromatic carbocycles. The lowest BCUT2D eigenvalue weighted by Gasteiger charge is -2.26. The summed E-state index contributed by atoms with van der Waals surface area (Å²) in [5.74, 6) is -1.00. The second-order valence-electron chi connectivity index (χ2n) is 6.59. The molecule has 0 spiro atoms. The van der Waals surface area contributed by atoms with Crippen LogP contribution in [0.15, 0.2) is 24.3 Å². The molecule has 10 heteroatoms. The van der Waals surface area contributed by atoms with E-state index in [1.807, 2.05) is 18.2 Å². The van der Waals surface area contributed by atoms with Crippen LogP contribution in [0.1, 0.15) is 28.6 Å². The van der Waals surface area contributed by atoms with Gasteiger partial charge in [-0.3, -0.25) is 9.48 Å². The highest BCUT2D eigenvalue weighted by Gasteiger charge is 2.42. The van der Waals surface area contributed by atoms with Crippen molar-refractivity contribution in [3.8, 4) is 0 Å². The summed E-state index contributed by atoms with van der Waals surface area (Å²) >= 11 is 0. The lowest BCUT2D eigenvalue weighted by molar-refractivity contribution is -0.182. The van der Waals surface area contributed by atoms with Gasteiger partial charge in [0.15, 0.2) is 11.5 Å². The number of benzene rings is 1. The fourth-order valence-corrected chi connectivity index (χ4v) is 3.41. The highest BCUT2D eigenvalue weighted by molar-refractivity contribution is 6.04. The molecule has 1 amide bonds. The van der Waals surface area contributed by atoms with E-state index in [1.54, 1.807) is 17.8 Å². The van der Waals surface area contributed by atoms with Crippen molar-refractivity contribution in [3.05, 3.63) is 41.6 Å². The first-order valence-electron chi connectivity index (χ1n) is 8.52. The second kappa shape index (κ2) is 6.36. The average Bonchev–Trinajstić information content (AvgIpc) is 3.20. The molecule has 0 fully saturated rings. The Morgan fingerprint density at radius 3 is 2.85 bits per heavy atom. The van der Waals surface area contributed by atoms with Crippen LogP contribution in [0.25, 0.3) is 10.9 Å². The fraction of sp³-hybridized carbons (Fsp3) is 0.412. The van der Waals surface area contributed by atoms with Crippen LogP contribution in [0.3, 0.4) is 0 Å². The Hall–Kier alpha value is -2.91. The third-order valence-electron chi connectivity index (χ3n) is 4.87. The molecule has 4 rings (SSSR count). The lowest BCUT2D eigenvalue weighted by atomic mass is 9.99. The number of carbonyl (C=O) groups excluding carboxylic acids is 1. The maximum atomic E-state index is 13.0. The summed E-state index contributed by atoms with van der Waals surface area (Å²) in [4.78, 5) is 12.5. The van der Waals surface area contributed by atoms with E-state index in [0.717, 1.165) is 5.52 Å². The zero-order valence-corrected chi connectivity index (χ0v) is 14.5. The molecular formula is C17H17F3N6O. The largest absolute Gasteiger partial charge is 0.393 e. The molecule has 3 aromatic rings. The molecule has 1 unspecified atom stereocenters. The molecule has 1 aliphatic heterocycles. The average molecular weight is 378 g/mol. The quantitative estimate of drug-likeness (QED) is 0.758. The summed E-state index contributed by atoms with van der Waals surface area (Å²) in [6.45, 7) is -0.231. The zero-order valence-electron chi connectivity index (χ0n) is 14.5. The van der Waals surface area contributed by atoms with Crippen LogP contribution in [0, 0.1) is 5.92 Å². The first-order chi connectivity index (χ1) is 12.8. The van der Waals surface area contributed by atoms with Crippen molar-refractivity contribution < 1.29 is 18.0 Å². The van der Waals surface area contributed by atoms with Crippen LogP contribution in [0.2, 0.25) is 0 Å². The first kappa shape index (κ1) is 17.5. The van der Waals surface area contributed by atoms with Gasteiger partial charge in [-0.2, -0.15) is 18.3 Å². The molecule has 1 N–H and O–H groups in total. The van der Waals surface area contributed by atoms with Gasteiger partial charge >= 0.3 is 6.18 Å². The predicted molar refractivity (Wildman–Crippen MR) is 89.8 cm³/mol. The van der Waals surface area contributed by atoms with Crippen molar-refractivity contribution in [2.45, 2.75) is 32.1 Å². The number of fused-ring (bicyclic) bond motifs is 2. The van der Waals surface area contributed by atoms with E-state index in [2.05, 4.69) is 20.6 Å². The number of halogens is 3. The van der Waals surface area contributed by atoms with Crippen molar-refractivity contribution in [2.75, 3.05) is 0 Å². The fourth-order valence-electron chi connectivity index (χ4n) is 3.41. The number of carbonyl (C=O) groups is 1. The zero-order chi connectivity index (χ0) is 19.2. The summed E-state index contributed by atoms with van der Waals surface area (Å²) < 4.78 is 42.1. The number of rotatable bonds is 3. The van der Waals surface area contributed by atoms with Crippen LogP contribution in [0.5, 0.6) is 0 Å². The third kappa shape index (κ3) is 3.15. The van der Waals surface area contributed by atoms with Gasteiger partial charge in [0.1, 0.15) is 5.82 Å². The number of amides is 1. The van der Waals surface area contributed by atoms with Gasteiger partial charge in [0.25, 0.3) is 5.91 Å². The summed E-state index contributed by atoms with van der Waals surface area (Å²) in [5.41, 5.74) is 1.08. The monoisotopic (exact) mass is 378 g/mol. The van der Waals surface area contributed by atoms with Crippen LogP contribution >= 0.6 is 0 Å². The molecule has 2 aromatic heterocycles. The minimum atomic E-state index is -4.25. The molecule has 27 heavy (non-hydrogen) atoms. The molecule has 1 atom stereocenters. The van der Waals surface area contributed by atoms with E-state index in [-0.39, 0.29) is 31.6 Å². The Bertz CT molecular complexity index is 1010. The van der Waals surface area contributed by atoms with Crippen LogP contribution < -0.4 is 5.32 Å². The Kier molecular flexibility index (Phi) is 4.12. The molecule has 3 heterocycles. The molecule has 7 nitrogen and oxygen atoms in total. The molecule has 0 aliphatic carbocycles. The lowest BCUT2D eigenvalue weighted by Crippen LogP contribution is -2.34. The number of hydrogen-bond acceptors (Lipinski definition) is 4. The summed E-state index contributed by atoms with van der Waals surface area (Å²) in [6, 6.07) is 7.31. The van der Waals surface area contributed by atoms with Gasteiger partial charge in [0.2, 0.25) is 0 Å². The number of aryl methyl sites for hydroxylation is 2. The Balaban J connectivity index is 1.51. The highest BCUT2D eigenvalue weighted by atomic mass is 19.4. The summed E-state index contributed by atoms with van der Waals surface area (Å²) in [6.07, 6.45) is -4.03. The molecule has 0 radical (unpaired) electrons. The number of alkyl halides is 3. The molecule has 0 saturated carbocycles. The van der Waals surface area contributed by atoms with Crippen molar-refractivity contribution in [1.82, 2.24) is 29.9 Å². The van der Waals surface area contributed by atoms with Gasteiger partial charge in [-0.15, -0.1) is 10.2 Å². The van der Waals surface area contributed by atoms with E-state index >= 15 is 0 Å². The molecule has 142 valence electrons. The van der Waals surface area contributed by atoms with Gasteiger partial charge in [-0.25, -0.2) is 0 Å². The second-order valence-corrected chi connectivity index (χ2v) is 6.59. The van der Waals surface area contributed by atoms with E-state index in [1.165, 1.54) is 4.57 Å². The SMILES string of the molecule is Cn1nc(C(=O)NCc2nnc3n2CC(C(F)(F)F)CC3)c2ccccc21. The number of para-hydroxylation sites is 1. The molecular weight excluding hydrogens is 361 g/mol. The smallest absolute Gasteiger partial charge is 0.343 e. The molecule has 0 saturated heterocycles. The number of hydrogen-bond donors (Lipinski definition) is 1. The maximum Gasteiger partial charge on any atom is 0.393 e. The first-order valence-corrected chi connectivity index (χ1v) is 8.52. The third-order valence-corrected chi connectivity index (χ3v) is 4.87. The summed E-state index contributed by atoms with van der Waals surface area (Å²) in [7, 11) is 1.74. The van der Waals surface area contributed by atoms with Gasteiger partial charge in [-0.05, 0) is 12.5 Å². The Labute approximate surface area is 152 Å². The highest BCUT2D eigenvalue weighted by Crippen LogP contribution is 2.34. The summed E-state index contributed by atoms with van der Waals surface area (Å²) in [5, 5.41) is 15.5.